The summed E-state index contributed by atoms with van der Waals surface area (Å²) in [4.78, 5) is 30.7. The zero-order valence-corrected chi connectivity index (χ0v) is 15.7. The molecule has 1 N–H and O–H groups in total. The molecule has 0 atom stereocenters. The molecule has 3 heterocycles. The number of benzene rings is 1. The normalized spacial score (nSPS) is 15.4. The van der Waals surface area contributed by atoms with Crippen LogP contribution in [-0.4, -0.2) is 26.4 Å². The molecule has 1 fully saturated rings. The summed E-state index contributed by atoms with van der Waals surface area (Å²) >= 11 is 0. The fourth-order valence-corrected chi connectivity index (χ4v) is 3.41. The summed E-state index contributed by atoms with van der Waals surface area (Å²) in [6, 6.07) is 16.8. The van der Waals surface area contributed by atoms with Gasteiger partial charge in [0, 0.05) is 17.6 Å². The van der Waals surface area contributed by atoms with Crippen LogP contribution >= 0.6 is 0 Å². The van der Waals surface area contributed by atoms with Gasteiger partial charge < -0.3 is 9.88 Å². The molecular weight excluding hydrogens is 352 g/mol. The molecule has 3 amide bonds. The fraction of sp³-hybridized carbons (Fsp3) is 0.136. The summed E-state index contributed by atoms with van der Waals surface area (Å²) in [5.41, 5.74) is 4.00. The van der Waals surface area contributed by atoms with Gasteiger partial charge in [-0.15, -0.1) is 0 Å². The van der Waals surface area contributed by atoms with Gasteiger partial charge >= 0.3 is 6.03 Å². The van der Waals surface area contributed by atoms with Crippen molar-refractivity contribution in [2.75, 3.05) is 0 Å². The van der Waals surface area contributed by atoms with Gasteiger partial charge in [-0.3, -0.25) is 9.69 Å². The first-order valence-corrected chi connectivity index (χ1v) is 9.03. The molecule has 0 radical (unpaired) electrons. The minimum absolute atomic E-state index is 0.246. The van der Waals surface area contributed by atoms with Crippen LogP contribution in [0.3, 0.4) is 0 Å². The molecule has 4 rings (SSSR count). The molecule has 28 heavy (non-hydrogen) atoms. The van der Waals surface area contributed by atoms with E-state index < -0.39 is 6.03 Å². The number of imide groups is 1. The monoisotopic (exact) mass is 372 g/mol. The Morgan fingerprint density at radius 3 is 2.50 bits per heavy atom. The Balaban J connectivity index is 1.63. The number of hydrogen-bond acceptors (Lipinski definition) is 3. The third-order valence-electron chi connectivity index (χ3n) is 4.79. The second-order valence-corrected chi connectivity index (χ2v) is 6.71. The Labute approximate surface area is 163 Å². The first-order valence-electron chi connectivity index (χ1n) is 9.03. The van der Waals surface area contributed by atoms with Gasteiger partial charge in [-0.1, -0.05) is 36.4 Å². The van der Waals surface area contributed by atoms with Crippen molar-refractivity contribution in [2.45, 2.75) is 20.4 Å². The van der Waals surface area contributed by atoms with Crippen LogP contribution in [0.2, 0.25) is 0 Å². The third kappa shape index (κ3) is 3.20. The predicted octanol–water partition coefficient (Wildman–Crippen LogP) is 3.58. The minimum Gasteiger partial charge on any atom is -0.303 e. The molecule has 0 saturated carbocycles. The van der Waals surface area contributed by atoms with Gasteiger partial charge in [0.25, 0.3) is 5.91 Å². The predicted molar refractivity (Wildman–Crippen MR) is 107 cm³/mol. The first kappa shape index (κ1) is 17.7. The van der Waals surface area contributed by atoms with Crippen molar-refractivity contribution in [1.82, 2.24) is 19.8 Å². The van der Waals surface area contributed by atoms with Gasteiger partial charge in [-0.2, -0.15) is 0 Å². The lowest BCUT2D eigenvalue weighted by Crippen LogP contribution is -2.30. The molecule has 1 saturated heterocycles. The summed E-state index contributed by atoms with van der Waals surface area (Å²) in [5.74, 6) is 0.492. The number of rotatable bonds is 4. The standard InChI is InChI=1S/C22H20N4O2/c1-15-12-18(16(2)26(15)20-10-6-7-11-23-20)13-19-21(27)25(22(28)24-19)14-17-8-4-3-5-9-17/h3-13H,14H2,1-2H3,(H,24,28). The Morgan fingerprint density at radius 1 is 1.04 bits per heavy atom. The molecule has 0 spiro atoms. The SMILES string of the molecule is Cc1cc(C=C2NC(=O)N(Cc3ccccc3)C2=O)c(C)n1-c1ccccn1. The second kappa shape index (κ2) is 7.15. The minimum atomic E-state index is -0.404. The Bertz CT molecular complexity index is 1070. The quantitative estimate of drug-likeness (QED) is 0.562. The topological polar surface area (TPSA) is 67.2 Å². The maximum atomic E-state index is 12.8. The molecule has 0 unspecified atom stereocenters. The van der Waals surface area contributed by atoms with E-state index in [1.54, 1.807) is 12.3 Å². The number of nitrogens with zero attached hydrogens (tertiary/aromatic N) is 3. The van der Waals surface area contributed by atoms with E-state index in [0.717, 1.165) is 28.3 Å². The zero-order chi connectivity index (χ0) is 19.7. The van der Waals surface area contributed by atoms with Crippen LogP contribution in [0, 0.1) is 13.8 Å². The van der Waals surface area contributed by atoms with E-state index in [9.17, 15) is 9.59 Å². The van der Waals surface area contributed by atoms with Gasteiger partial charge in [0.15, 0.2) is 0 Å². The molecule has 140 valence electrons. The lowest BCUT2D eigenvalue weighted by Gasteiger charge is -2.11. The van der Waals surface area contributed by atoms with Crippen molar-refractivity contribution in [2.24, 2.45) is 0 Å². The molecule has 0 bridgehead atoms. The van der Waals surface area contributed by atoms with Crippen molar-refractivity contribution in [3.8, 4) is 5.82 Å². The molecule has 6 nitrogen and oxygen atoms in total. The van der Waals surface area contributed by atoms with Crippen LogP contribution in [-0.2, 0) is 11.3 Å². The van der Waals surface area contributed by atoms with Crippen LogP contribution in [0.4, 0.5) is 4.79 Å². The first-order chi connectivity index (χ1) is 13.5. The smallest absolute Gasteiger partial charge is 0.303 e. The fourth-order valence-electron chi connectivity index (χ4n) is 3.41. The van der Waals surface area contributed by atoms with E-state index in [1.165, 1.54) is 4.90 Å². The largest absolute Gasteiger partial charge is 0.329 e. The number of nitrogens with one attached hydrogen (secondary N) is 1. The molecule has 1 aliphatic rings. The molecular formula is C22H20N4O2. The molecule has 1 aliphatic heterocycles. The van der Waals surface area contributed by atoms with Crippen LogP contribution < -0.4 is 5.32 Å². The van der Waals surface area contributed by atoms with Crippen molar-refractivity contribution in [3.63, 3.8) is 0 Å². The van der Waals surface area contributed by atoms with E-state index >= 15 is 0 Å². The van der Waals surface area contributed by atoms with Crippen molar-refractivity contribution in [1.29, 1.82) is 0 Å². The number of aromatic nitrogens is 2. The maximum absolute atomic E-state index is 12.8. The van der Waals surface area contributed by atoms with Crippen LogP contribution in [0.15, 0.2) is 66.5 Å². The number of carbonyl (C=O) groups excluding carboxylic acids is 2. The van der Waals surface area contributed by atoms with Crippen LogP contribution in [0.5, 0.6) is 0 Å². The van der Waals surface area contributed by atoms with Crippen molar-refractivity contribution >= 4 is 18.0 Å². The van der Waals surface area contributed by atoms with Gasteiger partial charge in [0.05, 0.1) is 6.54 Å². The summed E-state index contributed by atoms with van der Waals surface area (Å²) in [5, 5.41) is 2.69. The molecule has 0 aliphatic carbocycles. The lowest BCUT2D eigenvalue weighted by atomic mass is 10.2. The molecule has 6 heteroatoms. The Morgan fingerprint density at radius 2 is 1.79 bits per heavy atom. The van der Waals surface area contributed by atoms with Gasteiger partial charge in [-0.25, -0.2) is 9.78 Å². The summed E-state index contributed by atoms with van der Waals surface area (Å²) < 4.78 is 2.02. The second-order valence-electron chi connectivity index (χ2n) is 6.71. The number of urea groups is 1. The van der Waals surface area contributed by atoms with Crippen LogP contribution in [0.25, 0.3) is 11.9 Å². The van der Waals surface area contributed by atoms with Gasteiger partial charge in [-0.05, 0) is 49.2 Å². The Kier molecular flexibility index (Phi) is 4.53. The summed E-state index contributed by atoms with van der Waals surface area (Å²) in [6.07, 6.45) is 3.47. The number of pyridine rings is 1. The maximum Gasteiger partial charge on any atom is 0.329 e. The highest BCUT2D eigenvalue weighted by molar-refractivity contribution is 6.13. The van der Waals surface area contributed by atoms with E-state index in [0.29, 0.717) is 0 Å². The lowest BCUT2D eigenvalue weighted by molar-refractivity contribution is -0.123. The van der Waals surface area contributed by atoms with E-state index in [-0.39, 0.29) is 18.1 Å². The summed E-state index contributed by atoms with van der Waals surface area (Å²) in [6.45, 7) is 4.20. The highest BCUT2D eigenvalue weighted by atomic mass is 16.2. The molecule has 1 aromatic carbocycles. The summed E-state index contributed by atoms with van der Waals surface area (Å²) in [7, 11) is 0. The molecule has 3 aromatic rings. The Hall–Kier alpha value is -3.67. The number of amides is 3. The highest BCUT2D eigenvalue weighted by Crippen LogP contribution is 2.23. The van der Waals surface area contributed by atoms with Crippen LogP contribution in [0.1, 0.15) is 22.5 Å². The highest BCUT2D eigenvalue weighted by Gasteiger charge is 2.33. The number of aryl methyl sites for hydroxylation is 1. The van der Waals surface area contributed by atoms with E-state index in [4.69, 9.17) is 0 Å². The van der Waals surface area contributed by atoms with E-state index in [2.05, 4.69) is 10.3 Å². The zero-order valence-electron chi connectivity index (χ0n) is 15.7. The average Bonchev–Trinajstić information content (AvgIpc) is 3.13. The molecule has 2 aromatic heterocycles. The van der Waals surface area contributed by atoms with Crippen molar-refractivity contribution < 1.29 is 9.59 Å². The van der Waals surface area contributed by atoms with E-state index in [1.807, 2.05) is 73.0 Å². The van der Waals surface area contributed by atoms with Gasteiger partial charge in [0.2, 0.25) is 0 Å². The number of carbonyl (C=O) groups is 2. The van der Waals surface area contributed by atoms with Crippen molar-refractivity contribution in [3.05, 3.63) is 89.0 Å². The third-order valence-corrected chi connectivity index (χ3v) is 4.79. The van der Waals surface area contributed by atoms with Gasteiger partial charge in [0.1, 0.15) is 11.5 Å². The number of hydrogen-bond donors (Lipinski definition) is 1. The average molecular weight is 372 g/mol.